The Balaban J connectivity index is 1.55. The number of carboxylic acid groups (broad SMARTS) is 1. The smallest absolute Gasteiger partial charge is 0.326 e. The quantitative estimate of drug-likeness (QED) is 0.861. The van der Waals surface area contributed by atoms with Crippen LogP contribution in [0.4, 0.5) is 0 Å². The highest BCUT2D eigenvalue weighted by Crippen LogP contribution is 2.61. The average Bonchev–Trinajstić information content (AvgIpc) is 2.58. The Labute approximate surface area is 147 Å². The minimum absolute atomic E-state index is 0.261. The number of hydrogen-bond acceptors (Lipinski definition) is 3. The fourth-order valence-corrected chi connectivity index (χ4v) is 5.96. The van der Waals surface area contributed by atoms with Crippen LogP contribution in [0.15, 0.2) is 24.3 Å². The highest BCUT2D eigenvalue weighted by molar-refractivity contribution is 5.96. The van der Waals surface area contributed by atoms with E-state index in [0.717, 1.165) is 19.3 Å². The van der Waals surface area contributed by atoms with E-state index in [4.69, 9.17) is 4.74 Å². The Kier molecular flexibility index (Phi) is 3.97. The molecule has 134 valence electrons. The van der Waals surface area contributed by atoms with Crippen molar-refractivity contribution < 1.29 is 19.4 Å². The number of ether oxygens (including phenoxy) is 1. The zero-order chi connectivity index (χ0) is 17.6. The maximum atomic E-state index is 12.6. The fourth-order valence-electron chi connectivity index (χ4n) is 5.96. The molecule has 0 aromatic heterocycles. The van der Waals surface area contributed by atoms with Gasteiger partial charge < -0.3 is 15.2 Å². The van der Waals surface area contributed by atoms with Crippen molar-refractivity contribution in [2.45, 2.75) is 44.6 Å². The molecule has 5 rings (SSSR count). The van der Waals surface area contributed by atoms with E-state index >= 15 is 0 Å². The molecule has 5 heteroatoms. The number of carbonyl (C=O) groups excluding carboxylic acids is 1. The topological polar surface area (TPSA) is 75.6 Å². The van der Waals surface area contributed by atoms with E-state index in [1.807, 2.05) is 0 Å². The van der Waals surface area contributed by atoms with Crippen LogP contribution in [0.5, 0.6) is 5.75 Å². The van der Waals surface area contributed by atoms with Crippen LogP contribution in [0.2, 0.25) is 0 Å². The Bertz CT molecular complexity index is 646. The first-order valence-electron chi connectivity index (χ1n) is 9.17. The molecule has 0 saturated heterocycles. The van der Waals surface area contributed by atoms with Gasteiger partial charge in [0.05, 0.1) is 7.11 Å². The second kappa shape index (κ2) is 6.04. The average molecular weight is 343 g/mol. The predicted octanol–water partition coefficient (Wildman–Crippen LogP) is 3.09. The van der Waals surface area contributed by atoms with Crippen molar-refractivity contribution in [2.24, 2.45) is 23.2 Å². The molecule has 4 fully saturated rings. The molecular weight excluding hydrogens is 318 g/mol. The highest BCUT2D eigenvalue weighted by Gasteiger charge is 2.56. The van der Waals surface area contributed by atoms with Gasteiger partial charge >= 0.3 is 5.97 Å². The molecule has 0 radical (unpaired) electrons. The number of amides is 1. The molecule has 5 nitrogen and oxygen atoms in total. The molecule has 4 saturated carbocycles. The zero-order valence-corrected chi connectivity index (χ0v) is 14.5. The largest absolute Gasteiger partial charge is 0.497 e. The number of benzene rings is 1. The van der Waals surface area contributed by atoms with Gasteiger partial charge in [-0.3, -0.25) is 4.79 Å². The second-order valence-electron chi connectivity index (χ2n) is 8.25. The van der Waals surface area contributed by atoms with Crippen molar-refractivity contribution in [1.29, 1.82) is 0 Å². The van der Waals surface area contributed by atoms with Gasteiger partial charge in [0, 0.05) is 11.0 Å². The summed E-state index contributed by atoms with van der Waals surface area (Å²) in [6, 6.07) is 5.99. The molecule has 2 N–H and O–H groups in total. The van der Waals surface area contributed by atoms with Crippen LogP contribution in [-0.4, -0.2) is 30.1 Å². The van der Waals surface area contributed by atoms with Crippen LogP contribution in [0.1, 0.15) is 48.9 Å². The van der Waals surface area contributed by atoms with E-state index < -0.39 is 12.0 Å². The summed E-state index contributed by atoms with van der Waals surface area (Å²) in [5, 5.41) is 12.7. The molecule has 0 unspecified atom stereocenters. The minimum Gasteiger partial charge on any atom is -0.497 e. The number of rotatable bonds is 5. The van der Waals surface area contributed by atoms with Crippen LogP contribution in [0.3, 0.4) is 0 Å². The van der Waals surface area contributed by atoms with Crippen LogP contribution < -0.4 is 10.1 Å². The van der Waals surface area contributed by atoms with Gasteiger partial charge in [-0.05, 0) is 80.5 Å². The van der Waals surface area contributed by atoms with Crippen molar-refractivity contribution in [1.82, 2.24) is 5.32 Å². The van der Waals surface area contributed by atoms with Crippen molar-refractivity contribution >= 4 is 11.9 Å². The van der Waals surface area contributed by atoms with Crippen LogP contribution in [0, 0.1) is 23.2 Å². The SMILES string of the molecule is COc1ccc(C(=O)N[C@@H](C(=O)O)C23CC4CC(CC(C4)C2)C3)cc1. The number of carboxylic acids is 1. The van der Waals surface area contributed by atoms with Gasteiger partial charge in [-0.15, -0.1) is 0 Å². The molecule has 1 aromatic rings. The van der Waals surface area contributed by atoms with Crippen molar-refractivity contribution in [2.75, 3.05) is 7.11 Å². The molecule has 1 atom stereocenters. The van der Waals surface area contributed by atoms with Crippen molar-refractivity contribution in [3.63, 3.8) is 0 Å². The van der Waals surface area contributed by atoms with Crippen LogP contribution in [0.25, 0.3) is 0 Å². The van der Waals surface area contributed by atoms with Crippen LogP contribution in [-0.2, 0) is 4.79 Å². The van der Waals surface area contributed by atoms with Crippen molar-refractivity contribution in [3.8, 4) is 5.75 Å². The lowest BCUT2D eigenvalue weighted by Crippen LogP contribution is -2.59. The van der Waals surface area contributed by atoms with Gasteiger partial charge in [-0.1, -0.05) is 0 Å². The molecule has 0 heterocycles. The summed E-state index contributed by atoms with van der Waals surface area (Å²) in [6.45, 7) is 0. The van der Waals surface area contributed by atoms with Gasteiger partial charge in [0.1, 0.15) is 11.8 Å². The second-order valence-corrected chi connectivity index (χ2v) is 8.25. The predicted molar refractivity (Wildman–Crippen MR) is 92.5 cm³/mol. The van der Waals surface area contributed by atoms with E-state index in [1.165, 1.54) is 19.3 Å². The Morgan fingerprint density at radius 3 is 2.04 bits per heavy atom. The lowest BCUT2D eigenvalue weighted by molar-refractivity contribution is -0.150. The molecule has 25 heavy (non-hydrogen) atoms. The Hall–Kier alpha value is -2.04. The van der Waals surface area contributed by atoms with Gasteiger partial charge in [0.2, 0.25) is 0 Å². The summed E-state index contributed by atoms with van der Waals surface area (Å²) in [6.07, 6.45) is 6.57. The van der Waals surface area contributed by atoms with E-state index in [-0.39, 0.29) is 11.3 Å². The first-order chi connectivity index (χ1) is 12.0. The fraction of sp³-hybridized carbons (Fsp3) is 0.600. The maximum Gasteiger partial charge on any atom is 0.326 e. The van der Waals surface area contributed by atoms with Crippen LogP contribution >= 0.6 is 0 Å². The van der Waals surface area contributed by atoms with Crippen molar-refractivity contribution in [3.05, 3.63) is 29.8 Å². The Morgan fingerprint density at radius 2 is 1.60 bits per heavy atom. The van der Waals surface area contributed by atoms with Gasteiger partial charge in [-0.2, -0.15) is 0 Å². The summed E-state index contributed by atoms with van der Waals surface area (Å²) in [5.41, 5.74) is 0.208. The van der Waals surface area contributed by atoms with E-state index in [2.05, 4.69) is 5.32 Å². The minimum atomic E-state index is -0.899. The zero-order valence-electron chi connectivity index (χ0n) is 14.5. The normalized spacial score (nSPS) is 33.7. The third-order valence-electron chi connectivity index (χ3n) is 6.57. The summed E-state index contributed by atoms with van der Waals surface area (Å²) in [4.78, 5) is 24.7. The van der Waals surface area contributed by atoms with E-state index in [0.29, 0.717) is 29.1 Å². The van der Waals surface area contributed by atoms with Gasteiger partial charge in [-0.25, -0.2) is 4.79 Å². The number of aliphatic carboxylic acids is 1. The number of nitrogens with one attached hydrogen (secondary N) is 1. The van der Waals surface area contributed by atoms with E-state index in [1.54, 1.807) is 31.4 Å². The Morgan fingerprint density at radius 1 is 1.08 bits per heavy atom. The van der Waals surface area contributed by atoms with E-state index in [9.17, 15) is 14.7 Å². The molecule has 0 spiro atoms. The molecular formula is C20H25NO4. The first kappa shape index (κ1) is 16.4. The number of methoxy groups -OCH3 is 1. The number of hydrogen-bond donors (Lipinski definition) is 2. The third-order valence-corrected chi connectivity index (χ3v) is 6.57. The summed E-state index contributed by atoms with van der Waals surface area (Å²) < 4.78 is 5.11. The molecule has 1 amide bonds. The lowest BCUT2D eigenvalue weighted by Gasteiger charge is -2.58. The standard InChI is InChI=1S/C20H25NO4/c1-25-16-4-2-15(3-5-16)18(22)21-17(19(23)24)20-9-12-6-13(10-20)8-14(7-12)11-20/h2-5,12-14,17H,6-11H2,1H3,(H,21,22)(H,23,24)/t12?,13?,14?,17-,20?/m0/s1. The maximum absolute atomic E-state index is 12.6. The van der Waals surface area contributed by atoms with Gasteiger partial charge in [0.25, 0.3) is 5.91 Å². The first-order valence-corrected chi connectivity index (χ1v) is 9.17. The summed E-state index contributed by atoms with van der Waals surface area (Å²) in [7, 11) is 1.57. The van der Waals surface area contributed by atoms with Gasteiger partial charge in [0.15, 0.2) is 0 Å². The molecule has 4 aliphatic carbocycles. The molecule has 0 aliphatic heterocycles. The number of carbonyl (C=O) groups is 2. The molecule has 4 bridgehead atoms. The summed E-state index contributed by atoms with van der Waals surface area (Å²) >= 11 is 0. The highest BCUT2D eigenvalue weighted by atomic mass is 16.5. The lowest BCUT2D eigenvalue weighted by atomic mass is 9.47. The summed E-state index contributed by atoms with van der Waals surface area (Å²) in [5.74, 6) is 1.39. The third kappa shape index (κ3) is 2.90. The monoisotopic (exact) mass is 343 g/mol. The molecule has 4 aliphatic rings. The molecule has 1 aromatic carbocycles.